The summed E-state index contributed by atoms with van der Waals surface area (Å²) < 4.78 is 5.47. The SMILES string of the molecule is CC(C)CC(NC(=O)N(C(=O)c1ccccc1)C1CCN(C(=O)OC(C)(C)C)CC1)C(=O)NC(CC1CCNC1=O)C(=O)C(N)=O. The number of likely N-dealkylation sites (tertiary alicyclic amines) is 1. The van der Waals surface area contributed by atoms with E-state index in [-0.39, 0.29) is 56.2 Å². The van der Waals surface area contributed by atoms with Gasteiger partial charge in [0.2, 0.25) is 17.6 Å². The van der Waals surface area contributed by atoms with E-state index in [2.05, 4.69) is 16.0 Å². The molecule has 0 aliphatic carbocycles. The molecule has 46 heavy (non-hydrogen) atoms. The second-order valence-electron chi connectivity index (χ2n) is 13.2. The van der Waals surface area contributed by atoms with Crippen LogP contribution in [0.3, 0.4) is 0 Å². The van der Waals surface area contributed by atoms with E-state index in [0.717, 1.165) is 4.90 Å². The van der Waals surface area contributed by atoms with Crippen LogP contribution in [0.2, 0.25) is 0 Å². The number of nitrogens with one attached hydrogen (secondary N) is 3. The highest BCUT2D eigenvalue weighted by atomic mass is 16.6. The number of benzene rings is 1. The quantitative estimate of drug-likeness (QED) is 0.262. The summed E-state index contributed by atoms with van der Waals surface area (Å²) in [4.78, 5) is 93.1. The zero-order valence-corrected chi connectivity index (χ0v) is 27.2. The van der Waals surface area contributed by atoms with E-state index in [9.17, 15) is 33.6 Å². The monoisotopic (exact) mass is 642 g/mol. The summed E-state index contributed by atoms with van der Waals surface area (Å²) in [6, 6.07) is 4.26. The summed E-state index contributed by atoms with van der Waals surface area (Å²) >= 11 is 0. The van der Waals surface area contributed by atoms with Gasteiger partial charge in [0.25, 0.3) is 11.8 Å². The highest BCUT2D eigenvalue weighted by molar-refractivity contribution is 6.38. The second kappa shape index (κ2) is 15.7. The van der Waals surface area contributed by atoms with E-state index < -0.39 is 65.3 Å². The van der Waals surface area contributed by atoms with Gasteiger partial charge in [0.15, 0.2) is 0 Å². The fraction of sp³-hybridized carbons (Fsp3) is 0.594. The van der Waals surface area contributed by atoms with E-state index in [0.29, 0.717) is 13.0 Å². The first-order valence-electron chi connectivity index (χ1n) is 15.7. The highest BCUT2D eigenvalue weighted by Crippen LogP contribution is 2.22. The van der Waals surface area contributed by atoms with Gasteiger partial charge in [-0.15, -0.1) is 0 Å². The van der Waals surface area contributed by atoms with Gasteiger partial charge in [-0.1, -0.05) is 32.0 Å². The molecule has 0 spiro atoms. The number of ketones is 1. The molecule has 2 saturated heterocycles. The lowest BCUT2D eigenvalue weighted by Crippen LogP contribution is -2.59. The summed E-state index contributed by atoms with van der Waals surface area (Å²) in [6.45, 7) is 9.86. The minimum absolute atomic E-state index is 0.0997. The van der Waals surface area contributed by atoms with Crippen LogP contribution in [0.5, 0.6) is 0 Å². The number of rotatable bonds is 11. The zero-order chi connectivity index (χ0) is 34.2. The van der Waals surface area contributed by atoms with Crippen LogP contribution >= 0.6 is 0 Å². The molecule has 0 bridgehead atoms. The average Bonchev–Trinajstić information content (AvgIpc) is 3.39. The standard InChI is InChI=1S/C32H46N6O8/c1-19(2)17-24(28(42)35-23(25(39)26(33)40)18-21-11-14-34-27(21)41)36-30(44)38(29(43)20-9-7-6-8-10-20)22-12-15-37(16-13-22)31(45)46-32(3,4)5/h6-10,19,21-24H,11-18H2,1-5H3,(H2,33,40)(H,34,41)(H,35,42)(H,36,44). The number of carbonyl (C=O) groups is 7. The van der Waals surface area contributed by atoms with Gasteiger partial charge in [-0.2, -0.15) is 0 Å². The van der Waals surface area contributed by atoms with Crippen LogP contribution in [0.1, 0.15) is 77.1 Å². The van der Waals surface area contributed by atoms with E-state index >= 15 is 0 Å². The molecule has 0 radical (unpaired) electrons. The zero-order valence-electron chi connectivity index (χ0n) is 27.2. The maximum atomic E-state index is 13.9. The number of imide groups is 1. The number of nitrogens with two attached hydrogens (primary N) is 1. The molecular formula is C32H46N6O8. The molecule has 2 aliphatic rings. The summed E-state index contributed by atoms with van der Waals surface area (Å²) in [5.41, 5.74) is 4.82. The number of nitrogens with zero attached hydrogens (tertiary/aromatic N) is 2. The number of amides is 7. The Labute approximate surface area is 269 Å². The first-order valence-corrected chi connectivity index (χ1v) is 15.7. The Morgan fingerprint density at radius 2 is 1.63 bits per heavy atom. The number of carbonyl (C=O) groups excluding carboxylic acids is 7. The maximum absolute atomic E-state index is 13.9. The van der Waals surface area contributed by atoms with Gasteiger partial charge in [-0.05, 0) is 70.9 Å². The molecule has 252 valence electrons. The Kier molecular flexibility index (Phi) is 12.3. The van der Waals surface area contributed by atoms with Crippen molar-refractivity contribution in [3.05, 3.63) is 35.9 Å². The fourth-order valence-corrected chi connectivity index (χ4v) is 5.53. The highest BCUT2D eigenvalue weighted by Gasteiger charge is 2.38. The van der Waals surface area contributed by atoms with Crippen molar-refractivity contribution < 1.29 is 38.3 Å². The van der Waals surface area contributed by atoms with E-state index in [4.69, 9.17) is 10.5 Å². The number of Topliss-reactive ketones (excluding diaryl/α,β-unsaturated/α-hetero) is 1. The molecule has 0 aromatic heterocycles. The Hall–Kier alpha value is -4.49. The summed E-state index contributed by atoms with van der Waals surface area (Å²) in [7, 11) is 0. The third-order valence-electron chi connectivity index (χ3n) is 7.82. The van der Waals surface area contributed by atoms with Crippen LogP contribution in [0.4, 0.5) is 9.59 Å². The van der Waals surface area contributed by atoms with Gasteiger partial charge >= 0.3 is 12.1 Å². The molecule has 2 fully saturated rings. The summed E-state index contributed by atoms with van der Waals surface area (Å²) in [5, 5.41) is 7.86. The van der Waals surface area contributed by atoms with Gasteiger partial charge in [-0.3, -0.25) is 28.9 Å². The number of ether oxygens (including phenoxy) is 1. The molecule has 3 rings (SSSR count). The van der Waals surface area contributed by atoms with Crippen molar-refractivity contribution in [2.45, 2.75) is 90.4 Å². The number of hydrogen-bond donors (Lipinski definition) is 4. The Bertz CT molecular complexity index is 1300. The molecule has 2 heterocycles. The van der Waals surface area contributed by atoms with E-state index in [1.165, 1.54) is 4.90 Å². The van der Waals surface area contributed by atoms with Crippen LogP contribution in [0, 0.1) is 11.8 Å². The van der Waals surface area contributed by atoms with Crippen LogP contribution in [0.15, 0.2) is 30.3 Å². The van der Waals surface area contributed by atoms with Gasteiger partial charge in [0, 0.05) is 37.2 Å². The van der Waals surface area contributed by atoms with Crippen molar-refractivity contribution >= 4 is 41.5 Å². The minimum Gasteiger partial charge on any atom is -0.444 e. The predicted octanol–water partition coefficient (Wildman–Crippen LogP) is 1.72. The predicted molar refractivity (Wildman–Crippen MR) is 167 cm³/mol. The first kappa shape index (κ1) is 36.0. The number of hydrogen-bond acceptors (Lipinski definition) is 8. The number of piperidine rings is 1. The molecule has 3 unspecified atom stereocenters. The average molecular weight is 643 g/mol. The van der Waals surface area contributed by atoms with Crippen molar-refractivity contribution in [2.24, 2.45) is 17.6 Å². The van der Waals surface area contributed by atoms with E-state index in [1.54, 1.807) is 51.1 Å². The molecule has 0 saturated carbocycles. The topological polar surface area (TPSA) is 197 Å². The Morgan fingerprint density at radius 3 is 2.15 bits per heavy atom. The van der Waals surface area contributed by atoms with E-state index in [1.807, 2.05) is 13.8 Å². The second-order valence-corrected chi connectivity index (χ2v) is 13.2. The molecule has 5 N–H and O–H groups in total. The van der Waals surface area contributed by atoms with Crippen molar-refractivity contribution in [1.29, 1.82) is 0 Å². The number of primary amides is 1. The molecule has 1 aromatic rings. The lowest BCUT2D eigenvalue weighted by Gasteiger charge is -2.38. The van der Waals surface area contributed by atoms with Crippen LogP contribution in [0.25, 0.3) is 0 Å². The van der Waals surface area contributed by atoms with Gasteiger partial charge < -0.3 is 31.3 Å². The van der Waals surface area contributed by atoms with Crippen molar-refractivity contribution in [3.8, 4) is 0 Å². The van der Waals surface area contributed by atoms with Crippen molar-refractivity contribution in [3.63, 3.8) is 0 Å². The van der Waals surface area contributed by atoms with Crippen LogP contribution in [-0.4, -0.2) is 94.7 Å². The molecule has 3 atom stereocenters. The Balaban J connectivity index is 1.82. The molecule has 2 aliphatic heterocycles. The lowest BCUT2D eigenvalue weighted by atomic mass is 9.94. The molecule has 1 aromatic carbocycles. The molecule has 14 nitrogen and oxygen atoms in total. The summed E-state index contributed by atoms with van der Waals surface area (Å²) in [6.07, 6.45) is 0.517. The molecule has 14 heteroatoms. The van der Waals surface area contributed by atoms with Gasteiger partial charge in [-0.25, -0.2) is 9.59 Å². The third-order valence-corrected chi connectivity index (χ3v) is 7.82. The smallest absolute Gasteiger partial charge is 0.410 e. The van der Waals surface area contributed by atoms with Crippen LogP contribution < -0.4 is 21.7 Å². The largest absolute Gasteiger partial charge is 0.444 e. The molecular weight excluding hydrogens is 596 g/mol. The third kappa shape index (κ3) is 10.0. The van der Waals surface area contributed by atoms with Gasteiger partial charge in [0.05, 0.1) is 6.04 Å². The van der Waals surface area contributed by atoms with Gasteiger partial charge in [0.1, 0.15) is 11.6 Å². The minimum atomic E-state index is -1.37. The van der Waals surface area contributed by atoms with Crippen molar-refractivity contribution in [1.82, 2.24) is 25.8 Å². The fourth-order valence-electron chi connectivity index (χ4n) is 5.53. The normalized spacial score (nSPS) is 18.3. The first-order chi connectivity index (χ1) is 21.6. The molecule has 7 amide bonds. The maximum Gasteiger partial charge on any atom is 0.410 e. The van der Waals surface area contributed by atoms with Crippen LogP contribution in [-0.2, 0) is 23.9 Å². The van der Waals surface area contributed by atoms with Crippen molar-refractivity contribution in [2.75, 3.05) is 19.6 Å². The lowest BCUT2D eigenvalue weighted by molar-refractivity contribution is -0.139. The Morgan fingerprint density at radius 1 is 1.00 bits per heavy atom. The summed E-state index contributed by atoms with van der Waals surface area (Å²) in [5.74, 6) is -4.64. The number of urea groups is 1.